The van der Waals surface area contributed by atoms with Gasteiger partial charge in [0.1, 0.15) is 5.69 Å². The van der Waals surface area contributed by atoms with Crippen LogP contribution in [-0.4, -0.2) is 60.0 Å². The molecule has 0 aromatic carbocycles. The molecule has 1 aromatic heterocycles. The predicted molar refractivity (Wildman–Crippen MR) is 89.2 cm³/mol. The Morgan fingerprint density at radius 3 is 2.91 bits per heavy atom. The lowest BCUT2D eigenvalue weighted by Gasteiger charge is -2.28. The standard InChI is InChI=1S/C16H26N4OS/c17-6-4-15-18-14(12-22-15)16(21)20-9-5-13(11-20)10-19-7-2-1-3-8-19/h12-13H,1-11,17H2. The molecule has 2 aliphatic heterocycles. The average Bonchev–Trinajstić information content (AvgIpc) is 3.18. The van der Waals surface area contributed by atoms with E-state index in [1.807, 2.05) is 10.3 Å². The fraction of sp³-hybridized carbons (Fsp3) is 0.750. The molecule has 2 aliphatic rings. The number of nitrogens with zero attached hydrogens (tertiary/aromatic N) is 3. The third kappa shape index (κ3) is 3.86. The largest absolute Gasteiger partial charge is 0.337 e. The number of rotatable bonds is 5. The van der Waals surface area contributed by atoms with Crippen molar-refractivity contribution in [3.8, 4) is 0 Å². The molecule has 0 saturated carbocycles. The van der Waals surface area contributed by atoms with Crippen molar-refractivity contribution in [2.45, 2.75) is 32.1 Å². The van der Waals surface area contributed by atoms with E-state index in [4.69, 9.17) is 5.73 Å². The Kier molecular flexibility index (Phi) is 5.44. The molecule has 1 unspecified atom stereocenters. The summed E-state index contributed by atoms with van der Waals surface area (Å²) in [5.74, 6) is 0.727. The Labute approximate surface area is 136 Å². The van der Waals surface area contributed by atoms with E-state index in [1.54, 1.807) is 11.3 Å². The Bertz CT molecular complexity index is 498. The lowest BCUT2D eigenvalue weighted by Crippen LogP contribution is -2.36. The van der Waals surface area contributed by atoms with Gasteiger partial charge in [-0.3, -0.25) is 4.79 Å². The normalized spacial score (nSPS) is 23.1. The minimum Gasteiger partial charge on any atom is -0.337 e. The Balaban J connectivity index is 1.51. The van der Waals surface area contributed by atoms with Gasteiger partial charge in [-0.2, -0.15) is 0 Å². The quantitative estimate of drug-likeness (QED) is 0.894. The molecule has 3 heterocycles. The van der Waals surface area contributed by atoms with Crippen molar-refractivity contribution < 1.29 is 4.79 Å². The Morgan fingerprint density at radius 1 is 1.32 bits per heavy atom. The number of likely N-dealkylation sites (tertiary alicyclic amines) is 2. The Hall–Kier alpha value is -0.980. The van der Waals surface area contributed by atoms with Crippen molar-refractivity contribution in [2.75, 3.05) is 39.3 Å². The number of nitrogens with two attached hydrogens (primary N) is 1. The zero-order chi connectivity index (χ0) is 15.4. The summed E-state index contributed by atoms with van der Waals surface area (Å²) in [5.41, 5.74) is 6.15. The number of hydrogen-bond acceptors (Lipinski definition) is 5. The number of piperidine rings is 1. The van der Waals surface area contributed by atoms with Crippen molar-refractivity contribution in [3.63, 3.8) is 0 Å². The van der Waals surface area contributed by atoms with Gasteiger partial charge in [-0.25, -0.2) is 4.98 Å². The third-order valence-electron chi connectivity index (χ3n) is 4.67. The molecule has 122 valence electrons. The minimum atomic E-state index is 0.0978. The molecule has 5 nitrogen and oxygen atoms in total. The Morgan fingerprint density at radius 2 is 2.14 bits per heavy atom. The van der Waals surface area contributed by atoms with Gasteiger partial charge in [-0.1, -0.05) is 6.42 Å². The molecular formula is C16H26N4OS. The second kappa shape index (κ2) is 7.53. The molecule has 0 spiro atoms. The summed E-state index contributed by atoms with van der Waals surface area (Å²) in [6.07, 6.45) is 5.93. The van der Waals surface area contributed by atoms with Crippen LogP contribution in [0.15, 0.2) is 5.38 Å². The fourth-order valence-electron chi connectivity index (χ4n) is 3.48. The number of carbonyl (C=O) groups excluding carboxylic acids is 1. The summed E-state index contributed by atoms with van der Waals surface area (Å²) in [5, 5.41) is 2.85. The topological polar surface area (TPSA) is 62.5 Å². The van der Waals surface area contributed by atoms with Gasteiger partial charge in [0.2, 0.25) is 0 Å². The van der Waals surface area contributed by atoms with Crippen LogP contribution in [0, 0.1) is 5.92 Å². The fourth-order valence-corrected chi connectivity index (χ4v) is 4.27. The summed E-state index contributed by atoms with van der Waals surface area (Å²) in [7, 11) is 0. The van der Waals surface area contributed by atoms with E-state index in [0.717, 1.165) is 37.5 Å². The number of hydrogen-bond donors (Lipinski definition) is 1. The molecule has 1 amide bonds. The van der Waals surface area contributed by atoms with Crippen molar-refractivity contribution in [2.24, 2.45) is 11.7 Å². The molecule has 0 bridgehead atoms. The van der Waals surface area contributed by atoms with Crippen molar-refractivity contribution >= 4 is 17.2 Å². The van der Waals surface area contributed by atoms with Crippen LogP contribution < -0.4 is 5.73 Å². The molecule has 2 N–H and O–H groups in total. The second-order valence-corrected chi connectivity index (χ2v) is 7.37. The highest BCUT2D eigenvalue weighted by Gasteiger charge is 2.29. The number of carbonyl (C=O) groups is 1. The second-order valence-electron chi connectivity index (χ2n) is 6.43. The first kappa shape index (κ1) is 15.9. The number of thiazole rings is 1. The van der Waals surface area contributed by atoms with Gasteiger partial charge in [0, 0.05) is 31.4 Å². The molecular weight excluding hydrogens is 296 g/mol. The molecule has 1 aromatic rings. The molecule has 22 heavy (non-hydrogen) atoms. The van der Waals surface area contributed by atoms with Crippen LogP contribution in [0.2, 0.25) is 0 Å². The van der Waals surface area contributed by atoms with Crippen LogP contribution in [0.3, 0.4) is 0 Å². The maximum Gasteiger partial charge on any atom is 0.273 e. The van der Waals surface area contributed by atoms with Gasteiger partial charge in [-0.05, 0) is 44.8 Å². The van der Waals surface area contributed by atoms with E-state index in [0.29, 0.717) is 18.2 Å². The van der Waals surface area contributed by atoms with Gasteiger partial charge < -0.3 is 15.5 Å². The molecule has 1 atom stereocenters. The van der Waals surface area contributed by atoms with E-state index in [9.17, 15) is 4.79 Å². The maximum atomic E-state index is 12.5. The molecule has 0 radical (unpaired) electrons. The monoisotopic (exact) mass is 322 g/mol. The lowest BCUT2D eigenvalue weighted by molar-refractivity contribution is 0.0777. The van der Waals surface area contributed by atoms with Crippen molar-refractivity contribution in [3.05, 3.63) is 16.1 Å². The molecule has 2 fully saturated rings. The first-order chi connectivity index (χ1) is 10.8. The van der Waals surface area contributed by atoms with Crippen LogP contribution in [0.25, 0.3) is 0 Å². The van der Waals surface area contributed by atoms with Gasteiger partial charge in [0.05, 0.1) is 5.01 Å². The lowest BCUT2D eigenvalue weighted by atomic mass is 10.1. The summed E-state index contributed by atoms with van der Waals surface area (Å²) in [4.78, 5) is 21.5. The van der Waals surface area contributed by atoms with Crippen LogP contribution in [-0.2, 0) is 6.42 Å². The summed E-state index contributed by atoms with van der Waals surface area (Å²) >= 11 is 1.54. The zero-order valence-electron chi connectivity index (χ0n) is 13.2. The first-order valence-electron chi connectivity index (χ1n) is 8.42. The molecule has 3 rings (SSSR count). The molecule has 0 aliphatic carbocycles. The van der Waals surface area contributed by atoms with E-state index < -0.39 is 0 Å². The van der Waals surface area contributed by atoms with Crippen LogP contribution in [0.5, 0.6) is 0 Å². The minimum absolute atomic E-state index is 0.0978. The zero-order valence-corrected chi connectivity index (χ0v) is 14.0. The van der Waals surface area contributed by atoms with Gasteiger partial charge >= 0.3 is 0 Å². The predicted octanol–water partition coefficient (Wildman–Crippen LogP) is 1.59. The van der Waals surface area contributed by atoms with E-state index in [-0.39, 0.29) is 5.91 Å². The van der Waals surface area contributed by atoms with Crippen molar-refractivity contribution in [1.82, 2.24) is 14.8 Å². The van der Waals surface area contributed by atoms with E-state index >= 15 is 0 Å². The van der Waals surface area contributed by atoms with E-state index in [1.165, 1.54) is 32.4 Å². The SMILES string of the molecule is NCCc1nc(C(=O)N2CCC(CN3CCCCC3)C2)cs1. The van der Waals surface area contributed by atoms with E-state index in [2.05, 4.69) is 9.88 Å². The first-order valence-corrected chi connectivity index (χ1v) is 9.30. The van der Waals surface area contributed by atoms with Crippen molar-refractivity contribution in [1.29, 1.82) is 0 Å². The van der Waals surface area contributed by atoms with Crippen LogP contribution in [0.1, 0.15) is 41.2 Å². The number of amides is 1. The smallest absolute Gasteiger partial charge is 0.273 e. The summed E-state index contributed by atoms with van der Waals surface area (Å²) in [6, 6.07) is 0. The highest BCUT2D eigenvalue weighted by atomic mass is 32.1. The average molecular weight is 322 g/mol. The van der Waals surface area contributed by atoms with Crippen LogP contribution in [0.4, 0.5) is 0 Å². The summed E-state index contributed by atoms with van der Waals surface area (Å²) in [6.45, 7) is 5.97. The highest BCUT2D eigenvalue weighted by molar-refractivity contribution is 7.09. The molecule has 6 heteroatoms. The van der Waals surface area contributed by atoms with Gasteiger partial charge in [0.25, 0.3) is 5.91 Å². The molecule has 2 saturated heterocycles. The third-order valence-corrected chi connectivity index (χ3v) is 5.58. The summed E-state index contributed by atoms with van der Waals surface area (Å²) < 4.78 is 0. The van der Waals surface area contributed by atoms with Gasteiger partial charge in [0.15, 0.2) is 0 Å². The van der Waals surface area contributed by atoms with Gasteiger partial charge in [-0.15, -0.1) is 11.3 Å². The highest BCUT2D eigenvalue weighted by Crippen LogP contribution is 2.22. The maximum absolute atomic E-state index is 12.5. The number of aromatic nitrogens is 1. The van der Waals surface area contributed by atoms with Crippen LogP contribution >= 0.6 is 11.3 Å².